The van der Waals surface area contributed by atoms with Gasteiger partial charge in [-0.3, -0.25) is 9.69 Å². The van der Waals surface area contributed by atoms with Crippen molar-refractivity contribution in [2.75, 3.05) is 19.7 Å². The van der Waals surface area contributed by atoms with Crippen LogP contribution in [0.25, 0.3) is 0 Å². The first kappa shape index (κ1) is 18.4. The van der Waals surface area contributed by atoms with Gasteiger partial charge in [-0.15, -0.1) is 0 Å². The summed E-state index contributed by atoms with van der Waals surface area (Å²) in [5.74, 6) is -2.92. The van der Waals surface area contributed by atoms with Crippen molar-refractivity contribution in [1.82, 2.24) is 4.90 Å². The molecule has 0 bridgehead atoms. The molecule has 0 saturated carbocycles. The van der Waals surface area contributed by atoms with Crippen LogP contribution in [0.15, 0.2) is 11.6 Å². The molecule has 0 spiro atoms. The highest BCUT2D eigenvalue weighted by atomic mass is 16.6. The summed E-state index contributed by atoms with van der Waals surface area (Å²) < 4.78 is 11.1. The first-order valence-corrected chi connectivity index (χ1v) is 8.82. The Balaban J connectivity index is 2.02. The molecule has 0 aliphatic carbocycles. The minimum atomic E-state index is -2.24. The number of hydrogen-bond donors (Lipinski definition) is 2. The fourth-order valence-electron chi connectivity index (χ4n) is 4.30. The lowest BCUT2D eigenvalue weighted by atomic mass is 9.71. The lowest BCUT2D eigenvalue weighted by Gasteiger charge is -2.42. The van der Waals surface area contributed by atoms with Crippen LogP contribution in [0.4, 0.5) is 0 Å². The topological polar surface area (TPSA) is 96.3 Å². The van der Waals surface area contributed by atoms with Crippen LogP contribution in [0.1, 0.15) is 34.1 Å². The zero-order valence-electron chi connectivity index (χ0n) is 15.2. The first-order valence-electron chi connectivity index (χ1n) is 8.82. The van der Waals surface area contributed by atoms with E-state index in [4.69, 9.17) is 9.47 Å². The minimum Gasteiger partial charge on any atom is -0.460 e. The molecular weight excluding hydrogens is 326 g/mol. The summed E-state index contributed by atoms with van der Waals surface area (Å²) in [4.78, 5) is 27.6. The largest absolute Gasteiger partial charge is 0.460 e. The molecule has 0 aromatic carbocycles. The van der Waals surface area contributed by atoms with E-state index in [1.54, 1.807) is 13.8 Å². The number of aliphatic hydroxyl groups is 2. The monoisotopic (exact) mass is 353 g/mol. The maximum atomic E-state index is 12.9. The number of rotatable bonds is 1. The third kappa shape index (κ3) is 2.78. The Bertz CT molecular complexity index is 609. The van der Waals surface area contributed by atoms with Crippen molar-refractivity contribution in [2.24, 2.45) is 11.8 Å². The lowest BCUT2D eigenvalue weighted by molar-refractivity contribution is -0.210. The predicted octanol–water partition coefficient (Wildman–Crippen LogP) is 0.244. The van der Waals surface area contributed by atoms with Crippen LogP contribution in [-0.2, 0) is 19.1 Å². The van der Waals surface area contributed by atoms with Crippen molar-refractivity contribution in [1.29, 1.82) is 0 Å². The molecule has 7 nitrogen and oxygen atoms in total. The second-order valence-corrected chi connectivity index (χ2v) is 8.00. The number of esters is 2. The van der Waals surface area contributed by atoms with Gasteiger partial charge in [-0.05, 0) is 31.8 Å². The highest BCUT2D eigenvalue weighted by molar-refractivity contribution is 5.84. The highest BCUT2D eigenvalue weighted by Gasteiger charge is 2.58. The Morgan fingerprint density at radius 1 is 1.28 bits per heavy atom. The third-order valence-corrected chi connectivity index (χ3v) is 5.96. The van der Waals surface area contributed by atoms with E-state index in [1.807, 2.05) is 6.08 Å². The number of carbonyl (C=O) groups is 2. The summed E-state index contributed by atoms with van der Waals surface area (Å²) in [6.45, 7) is 7.54. The molecule has 7 heteroatoms. The number of cyclic esters (lactones) is 1. The van der Waals surface area contributed by atoms with E-state index < -0.39 is 29.1 Å². The van der Waals surface area contributed by atoms with Gasteiger partial charge in [-0.25, -0.2) is 4.79 Å². The summed E-state index contributed by atoms with van der Waals surface area (Å²) in [6, 6.07) is -0.0995. The highest BCUT2D eigenvalue weighted by Crippen LogP contribution is 2.39. The zero-order chi connectivity index (χ0) is 18.6. The molecule has 3 aliphatic heterocycles. The third-order valence-electron chi connectivity index (χ3n) is 5.96. The summed E-state index contributed by atoms with van der Waals surface area (Å²) in [6.07, 6.45) is 2.34. The molecule has 3 rings (SSSR count). The summed E-state index contributed by atoms with van der Waals surface area (Å²) >= 11 is 0. The Morgan fingerprint density at radius 2 is 1.96 bits per heavy atom. The van der Waals surface area contributed by atoms with Crippen LogP contribution >= 0.6 is 0 Å². The number of carbonyl (C=O) groups excluding carboxylic acids is 2. The van der Waals surface area contributed by atoms with Gasteiger partial charge in [-0.1, -0.05) is 19.9 Å². The van der Waals surface area contributed by atoms with Crippen LogP contribution < -0.4 is 0 Å². The van der Waals surface area contributed by atoms with Crippen LogP contribution in [0.2, 0.25) is 0 Å². The van der Waals surface area contributed by atoms with E-state index in [-0.39, 0.29) is 24.7 Å². The predicted molar refractivity (Wildman–Crippen MR) is 88.5 cm³/mol. The zero-order valence-corrected chi connectivity index (χ0v) is 15.2. The van der Waals surface area contributed by atoms with Gasteiger partial charge in [0.05, 0.1) is 12.0 Å². The Kier molecular flexibility index (Phi) is 4.46. The molecule has 0 aromatic rings. The van der Waals surface area contributed by atoms with Crippen molar-refractivity contribution >= 4 is 11.9 Å². The van der Waals surface area contributed by atoms with Crippen molar-refractivity contribution in [2.45, 2.75) is 57.5 Å². The molecule has 0 aromatic heterocycles. The van der Waals surface area contributed by atoms with E-state index in [0.717, 1.165) is 18.7 Å². The van der Waals surface area contributed by atoms with Crippen molar-refractivity contribution in [3.05, 3.63) is 11.6 Å². The second kappa shape index (κ2) is 6.07. The maximum absolute atomic E-state index is 12.9. The molecule has 0 amide bonds. The van der Waals surface area contributed by atoms with Crippen LogP contribution in [0.3, 0.4) is 0 Å². The Morgan fingerprint density at radius 3 is 2.60 bits per heavy atom. The van der Waals surface area contributed by atoms with E-state index in [1.165, 1.54) is 13.8 Å². The van der Waals surface area contributed by atoms with Gasteiger partial charge in [0.15, 0.2) is 5.60 Å². The molecule has 140 valence electrons. The molecule has 25 heavy (non-hydrogen) atoms. The fourth-order valence-corrected chi connectivity index (χ4v) is 4.30. The average Bonchev–Trinajstić information content (AvgIpc) is 3.06. The molecule has 0 radical (unpaired) electrons. The number of nitrogens with zero attached hydrogens (tertiary/aromatic N) is 1. The average molecular weight is 353 g/mol. The summed E-state index contributed by atoms with van der Waals surface area (Å²) in [5.41, 5.74) is -3.39. The molecule has 3 heterocycles. The van der Waals surface area contributed by atoms with Crippen molar-refractivity contribution in [3.8, 4) is 0 Å². The van der Waals surface area contributed by atoms with Gasteiger partial charge >= 0.3 is 11.9 Å². The maximum Gasteiger partial charge on any atom is 0.341 e. The van der Waals surface area contributed by atoms with Crippen molar-refractivity contribution in [3.63, 3.8) is 0 Å². The van der Waals surface area contributed by atoms with Gasteiger partial charge in [0.2, 0.25) is 0 Å². The van der Waals surface area contributed by atoms with E-state index in [9.17, 15) is 19.8 Å². The van der Waals surface area contributed by atoms with Gasteiger partial charge in [0.25, 0.3) is 0 Å². The van der Waals surface area contributed by atoms with E-state index in [2.05, 4.69) is 4.90 Å². The van der Waals surface area contributed by atoms with Gasteiger partial charge in [0, 0.05) is 13.1 Å². The van der Waals surface area contributed by atoms with E-state index in [0.29, 0.717) is 6.42 Å². The number of ether oxygens (including phenoxy) is 2. The SMILES string of the molecule is CC(C)[C@@H]1C(=O)O[C@H]2CCN3CC=C(COC(=O)[C@@](C)(O)[C@@]1(C)O)[C@H]23. The van der Waals surface area contributed by atoms with Gasteiger partial charge in [0.1, 0.15) is 18.3 Å². The molecule has 5 atom stereocenters. The lowest BCUT2D eigenvalue weighted by Crippen LogP contribution is -2.63. The minimum absolute atomic E-state index is 0.0205. The summed E-state index contributed by atoms with van der Waals surface area (Å²) in [7, 11) is 0. The molecule has 2 N–H and O–H groups in total. The smallest absolute Gasteiger partial charge is 0.341 e. The quantitative estimate of drug-likeness (QED) is 0.515. The standard InChI is InChI=1S/C18H27NO6/c1-10(2)13-15(20)25-12-6-8-19-7-5-11(14(12)19)9-24-16(21)18(4,23)17(13,3)22/h5,10,12-14,22-23H,6-9H2,1-4H3/t12-,13+,14+,17-,18+/m0/s1. The normalized spacial score (nSPS) is 42.5. The van der Waals surface area contributed by atoms with Gasteiger partial charge in [-0.2, -0.15) is 0 Å². The van der Waals surface area contributed by atoms with Crippen LogP contribution in [-0.4, -0.2) is 70.1 Å². The molecule has 2 fully saturated rings. The first-order chi connectivity index (χ1) is 11.6. The molecule has 3 aliphatic rings. The van der Waals surface area contributed by atoms with Crippen LogP contribution in [0, 0.1) is 11.8 Å². The Hall–Kier alpha value is -1.44. The van der Waals surface area contributed by atoms with Crippen LogP contribution in [0.5, 0.6) is 0 Å². The molecular formula is C18H27NO6. The molecule has 0 unspecified atom stereocenters. The number of hydrogen-bond acceptors (Lipinski definition) is 7. The second-order valence-electron chi connectivity index (χ2n) is 8.00. The van der Waals surface area contributed by atoms with Gasteiger partial charge < -0.3 is 19.7 Å². The molecule has 2 saturated heterocycles. The Labute approximate surface area is 147 Å². The van der Waals surface area contributed by atoms with E-state index >= 15 is 0 Å². The fraction of sp³-hybridized carbons (Fsp3) is 0.778. The van der Waals surface area contributed by atoms with Crippen molar-refractivity contribution < 1.29 is 29.3 Å². The summed E-state index contributed by atoms with van der Waals surface area (Å²) in [5, 5.41) is 21.7.